The maximum Gasteiger partial charge on any atom is 0.387 e. The van der Waals surface area contributed by atoms with E-state index in [1.54, 1.807) is 28.8 Å². The number of para-hydroxylation sites is 1. The van der Waals surface area contributed by atoms with Gasteiger partial charge in [0.15, 0.2) is 0 Å². The van der Waals surface area contributed by atoms with Crippen LogP contribution in [-0.2, 0) is 11.3 Å². The number of benzene rings is 2. The van der Waals surface area contributed by atoms with Gasteiger partial charge in [-0.05, 0) is 40.3 Å². The van der Waals surface area contributed by atoms with Crippen LogP contribution in [0.25, 0.3) is 5.69 Å². The fraction of sp³-hybridized carbons (Fsp3) is 0.222. The van der Waals surface area contributed by atoms with E-state index in [2.05, 4.69) is 20.3 Å². The van der Waals surface area contributed by atoms with Crippen LogP contribution in [0.1, 0.15) is 5.56 Å². The van der Waals surface area contributed by atoms with Gasteiger partial charge >= 0.3 is 6.61 Å². The third-order valence-electron chi connectivity index (χ3n) is 3.76. The molecule has 0 radical (unpaired) electrons. The maximum absolute atomic E-state index is 12.4. The van der Waals surface area contributed by atoms with Gasteiger partial charge in [0, 0.05) is 13.6 Å². The van der Waals surface area contributed by atoms with Gasteiger partial charge in [-0.15, -0.1) is 5.10 Å². The Balaban J connectivity index is 1.55. The Kier molecular flexibility index (Phi) is 6.53. The summed E-state index contributed by atoms with van der Waals surface area (Å²) < 4.78 is 30.2. The third-order valence-corrected chi connectivity index (χ3v) is 4.66. The minimum absolute atomic E-state index is 0.0797. The van der Waals surface area contributed by atoms with Gasteiger partial charge < -0.3 is 9.64 Å². The van der Waals surface area contributed by atoms with Crippen molar-refractivity contribution in [2.45, 2.75) is 18.3 Å². The van der Waals surface area contributed by atoms with Crippen LogP contribution in [0.4, 0.5) is 8.78 Å². The number of carbonyl (C=O) groups is 1. The van der Waals surface area contributed by atoms with Gasteiger partial charge in [-0.1, -0.05) is 42.1 Å². The first-order valence-corrected chi connectivity index (χ1v) is 9.26. The van der Waals surface area contributed by atoms with Crippen molar-refractivity contribution in [1.29, 1.82) is 0 Å². The van der Waals surface area contributed by atoms with Crippen LogP contribution in [0.2, 0.25) is 0 Å². The minimum atomic E-state index is -2.86. The van der Waals surface area contributed by atoms with E-state index < -0.39 is 6.61 Å². The zero-order chi connectivity index (χ0) is 19.9. The lowest BCUT2D eigenvalue weighted by molar-refractivity contribution is -0.127. The fourth-order valence-electron chi connectivity index (χ4n) is 2.37. The summed E-state index contributed by atoms with van der Waals surface area (Å²) in [4.78, 5) is 14.0. The first kappa shape index (κ1) is 19.7. The number of rotatable bonds is 8. The van der Waals surface area contributed by atoms with Gasteiger partial charge in [-0.3, -0.25) is 4.79 Å². The quantitative estimate of drug-likeness (QED) is 0.537. The van der Waals surface area contributed by atoms with Crippen molar-refractivity contribution in [2.75, 3.05) is 12.8 Å². The second-order valence-electron chi connectivity index (χ2n) is 5.77. The first-order valence-electron chi connectivity index (χ1n) is 8.27. The molecule has 1 aromatic heterocycles. The molecule has 10 heteroatoms. The highest BCUT2D eigenvalue weighted by Crippen LogP contribution is 2.19. The average Bonchev–Trinajstić information content (AvgIpc) is 3.16. The van der Waals surface area contributed by atoms with Gasteiger partial charge in [0.1, 0.15) is 5.75 Å². The van der Waals surface area contributed by atoms with Crippen LogP contribution in [0, 0.1) is 0 Å². The van der Waals surface area contributed by atoms with Crippen molar-refractivity contribution in [1.82, 2.24) is 25.1 Å². The van der Waals surface area contributed by atoms with Crippen molar-refractivity contribution in [2.24, 2.45) is 0 Å². The van der Waals surface area contributed by atoms with Crippen molar-refractivity contribution in [3.8, 4) is 11.4 Å². The largest absolute Gasteiger partial charge is 0.435 e. The van der Waals surface area contributed by atoms with E-state index >= 15 is 0 Å². The molecule has 0 unspecified atom stereocenters. The molecule has 28 heavy (non-hydrogen) atoms. The Bertz CT molecular complexity index is 906. The van der Waals surface area contributed by atoms with E-state index in [0.29, 0.717) is 11.7 Å². The molecule has 0 N–H and O–H groups in total. The molecule has 0 atom stereocenters. The molecule has 1 amide bonds. The SMILES string of the molecule is CN(Cc1ccc(OC(F)F)cc1)C(=O)CSc1nnnn1-c1ccccc1. The number of hydrogen-bond donors (Lipinski definition) is 0. The number of carbonyl (C=O) groups excluding carboxylic acids is 1. The lowest BCUT2D eigenvalue weighted by atomic mass is 10.2. The highest BCUT2D eigenvalue weighted by molar-refractivity contribution is 7.99. The fourth-order valence-corrected chi connectivity index (χ4v) is 3.21. The Morgan fingerprint density at radius 2 is 1.89 bits per heavy atom. The average molecular weight is 405 g/mol. The molecule has 0 spiro atoms. The molecule has 0 fully saturated rings. The highest BCUT2D eigenvalue weighted by Gasteiger charge is 2.14. The summed E-state index contributed by atoms with van der Waals surface area (Å²) in [7, 11) is 1.67. The van der Waals surface area contributed by atoms with Gasteiger partial charge in [-0.2, -0.15) is 13.5 Å². The Morgan fingerprint density at radius 3 is 2.57 bits per heavy atom. The first-order chi connectivity index (χ1) is 13.5. The molecule has 2 aromatic carbocycles. The molecular weight excluding hydrogens is 388 g/mol. The monoisotopic (exact) mass is 405 g/mol. The normalized spacial score (nSPS) is 10.9. The summed E-state index contributed by atoms with van der Waals surface area (Å²) in [5, 5.41) is 12.1. The number of nitrogens with zero attached hydrogens (tertiary/aromatic N) is 5. The van der Waals surface area contributed by atoms with Crippen LogP contribution in [0.15, 0.2) is 59.8 Å². The van der Waals surface area contributed by atoms with Crippen LogP contribution < -0.4 is 4.74 Å². The molecule has 0 aliphatic carbocycles. The summed E-state index contributed by atoms with van der Waals surface area (Å²) in [6, 6.07) is 15.6. The van der Waals surface area contributed by atoms with Crippen molar-refractivity contribution < 1.29 is 18.3 Å². The molecule has 3 aromatic rings. The number of aromatic nitrogens is 4. The maximum atomic E-state index is 12.4. The van der Waals surface area contributed by atoms with Crippen LogP contribution in [0.3, 0.4) is 0 Å². The summed E-state index contributed by atoms with van der Waals surface area (Å²) in [5.41, 5.74) is 1.61. The standard InChI is InChI=1S/C18H17F2N5O2S/c1-24(11-13-7-9-15(10-8-13)27-17(19)20)16(26)12-28-18-21-22-23-25(18)14-5-3-2-4-6-14/h2-10,17H,11-12H2,1H3. The van der Waals surface area contributed by atoms with Crippen molar-refractivity contribution in [3.63, 3.8) is 0 Å². The number of alkyl halides is 2. The molecule has 0 aliphatic rings. The zero-order valence-corrected chi connectivity index (χ0v) is 15.7. The molecule has 0 aliphatic heterocycles. The van der Waals surface area contributed by atoms with E-state index in [4.69, 9.17) is 0 Å². The molecule has 146 valence electrons. The minimum Gasteiger partial charge on any atom is -0.435 e. The van der Waals surface area contributed by atoms with E-state index in [-0.39, 0.29) is 17.4 Å². The van der Waals surface area contributed by atoms with Gasteiger partial charge in [0.2, 0.25) is 11.1 Å². The number of thioether (sulfide) groups is 1. The van der Waals surface area contributed by atoms with E-state index in [9.17, 15) is 13.6 Å². The second kappa shape index (κ2) is 9.27. The Hall–Kier alpha value is -3.01. The molecule has 0 bridgehead atoms. The van der Waals surface area contributed by atoms with Gasteiger partial charge in [0.05, 0.1) is 11.4 Å². The number of ether oxygens (including phenoxy) is 1. The van der Waals surface area contributed by atoms with Crippen molar-refractivity contribution in [3.05, 3.63) is 60.2 Å². The second-order valence-corrected chi connectivity index (χ2v) is 6.71. The number of amides is 1. The number of halogens is 2. The van der Waals surface area contributed by atoms with Crippen molar-refractivity contribution >= 4 is 17.7 Å². The smallest absolute Gasteiger partial charge is 0.387 e. The van der Waals surface area contributed by atoms with E-state index in [1.165, 1.54) is 23.9 Å². The van der Waals surface area contributed by atoms with E-state index in [0.717, 1.165) is 11.3 Å². The molecular formula is C18H17F2N5O2S. The lowest BCUT2D eigenvalue weighted by Gasteiger charge is -2.17. The number of hydrogen-bond acceptors (Lipinski definition) is 6. The van der Waals surface area contributed by atoms with Gasteiger partial charge in [0.25, 0.3) is 0 Å². The molecule has 0 saturated carbocycles. The molecule has 7 nitrogen and oxygen atoms in total. The van der Waals surface area contributed by atoms with E-state index in [1.807, 2.05) is 30.3 Å². The molecule has 0 saturated heterocycles. The summed E-state index contributed by atoms with van der Waals surface area (Å²) in [6.07, 6.45) is 0. The topological polar surface area (TPSA) is 73.1 Å². The van der Waals surface area contributed by atoms with Crippen LogP contribution in [-0.4, -0.2) is 50.4 Å². The predicted octanol–water partition coefficient (Wildman–Crippen LogP) is 3.01. The van der Waals surface area contributed by atoms with Gasteiger partial charge in [-0.25, -0.2) is 0 Å². The predicted molar refractivity (Wildman–Crippen MR) is 99.4 cm³/mol. The summed E-state index contributed by atoms with van der Waals surface area (Å²) in [6.45, 7) is -2.52. The third kappa shape index (κ3) is 5.26. The van der Waals surface area contributed by atoms with Crippen LogP contribution in [0.5, 0.6) is 5.75 Å². The number of tetrazole rings is 1. The lowest BCUT2D eigenvalue weighted by Crippen LogP contribution is -2.27. The molecule has 3 rings (SSSR count). The Morgan fingerprint density at radius 1 is 1.18 bits per heavy atom. The molecule has 1 heterocycles. The summed E-state index contributed by atoms with van der Waals surface area (Å²) in [5.74, 6) is 0.132. The van der Waals surface area contributed by atoms with Crippen LogP contribution >= 0.6 is 11.8 Å². The summed E-state index contributed by atoms with van der Waals surface area (Å²) >= 11 is 1.24. The Labute approximate surface area is 164 Å². The zero-order valence-electron chi connectivity index (χ0n) is 14.9. The highest BCUT2D eigenvalue weighted by atomic mass is 32.2.